The minimum absolute atomic E-state index is 0.0194. The van der Waals surface area contributed by atoms with Crippen LogP contribution in [0, 0.1) is 0 Å². The van der Waals surface area contributed by atoms with Crippen LogP contribution in [0.2, 0.25) is 5.02 Å². The van der Waals surface area contributed by atoms with Crippen molar-refractivity contribution in [1.29, 1.82) is 0 Å². The molecule has 0 aliphatic carbocycles. The number of sulfone groups is 1. The Morgan fingerprint density at radius 2 is 2.22 bits per heavy atom. The summed E-state index contributed by atoms with van der Waals surface area (Å²) >= 11 is 9.34. The second-order valence-electron chi connectivity index (χ2n) is 5.28. The summed E-state index contributed by atoms with van der Waals surface area (Å²) in [4.78, 5) is 11.7. The Bertz CT molecular complexity index is 669. The van der Waals surface area contributed by atoms with E-state index in [0.717, 1.165) is 4.47 Å². The largest absolute Gasteiger partial charge is 0.492 e. The quantitative estimate of drug-likeness (QED) is 0.685. The predicted octanol–water partition coefficient (Wildman–Crippen LogP) is 2.36. The first kappa shape index (κ1) is 18.4. The summed E-state index contributed by atoms with van der Waals surface area (Å²) in [5, 5.41) is 5.86. The van der Waals surface area contributed by atoms with Crippen LogP contribution >= 0.6 is 27.5 Å². The van der Waals surface area contributed by atoms with Gasteiger partial charge >= 0.3 is 6.03 Å². The Balaban J connectivity index is 1.61. The lowest BCUT2D eigenvalue weighted by atomic mass is 10.3. The molecule has 1 aliphatic rings. The Hall–Kier alpha value is -0.990. The van der Waals surface area contributed by atoms with Crippen LogP contribution in [0.4, 0.5) is 4.79 Å². The van der Waals surface area contributed by atoms with Gasteiger partial charge in [0, 0.05) is 17.1 Å². The van der Waals surface area contributed by atoms with E-state index in [9.17, 15) is 13.2 Å². The third kappa shape index (κ3) is 6.19. The van der Waals surface area contributed by atoms with Gasteiger partial charge in [-0.25, -0.2) is 13.2 Å². The van der Waals surface area contributed by atoms with Gasteiger partial charge in [0.25, 0.3) is 0 Å². The van der Waals surface area contributed by atoms with Crippen LogP contribution in [0.5, 0.6) is 5.75 Å². The average molecular weight is 426 g/mol. The number of carbonyl (C=O) groups excluding carboxylic acids is 1. The number of benzene rings is 1. The number of nitrogens with one attached hydrogen (secondary N) is 2. The van der Waals surface area contributed by atoms with E-state index in [1.165, 1.54) is 0 Å². The van der Waals surface area contributed by atoms with Gasteiger partial charge in [-0.1, -0.05) is 27.5 Å². The summed E-state index contributed by atoms with van der Waals surface area (Å²) in [7, 11) is -2.99. The molecule has 128 valence electrons. The molecule has 2 amide bonds. The highest BCUT2D eigenvalue weighted by atomic mass is 79.9. The van der Waals surface area contributed by atoms with Crippen molar-refractivity contribution in [1.82, 2.24) is 10.6 Å². The molecule has 2 N–H and O–H groups in total. The first-order valence-electron chi connectivity index (χ1n) is 7.18. The average Bonchev–Trinajstić information content (AvgIpc) is 2.79. The summed E-state index contributed by atoms with van der Waals surface area (Å²) in [6.45, 7) is 0.846. The maximum atomic E-state index is 11.7. The van der Waals surface area contributed by atoms with Crippen LogP contribution in [0.25, 0.3) is 0 Å². The van der Waals surface area contributed by atoms with Gasteiger partial charge in [-0.15, -0.1) is 0 Å². The number of amides is 2. The fraction of sp³-hybridized carbons (Fsp3) is 0.500. The summed E-state index contributed by atoms with van der Waals surface area (Å²) < 4.78 is 29.0. The van der Waals surface area contributed by atoms with E-state index in [1.54, 1.807) is 12.1 Å². The molecule has 0 bridgehead atoms. The predicted molar refractivity (Wildman–Crippen MR) is 92.9 cm³/mol. The van der Waals surface area contributed by atoms with Crippen LogP contribution in [-0.2, 0) is 9.84 Å². The van der Waals surface area contributed by atoms with E-state index >= 15 is 0 Å². The van der Waals surface area contributed by atoms with Crippen LogP contribution in [-0.4, -0.2) is 45.1 Å². The van der Waals surface area contributed by atoms with E-state index < -0.39 is 9.84 Å². The highest BCUT2D eigenvalue weighted by molar-refractivity contribution is 9.10. The number of hydrogen-bond donors (Lipinski definition) is 2. The van der Waals surface area contributed by atoms with E-state index in [0.29, 0.717) is 36.8 Å². The van der Waals surface area contributed by atoms with Crippen molar-refractivity contribution in [2.75, 3.05) is 24.7 Å². The van der Waals surface area contributed by atoms with Gasteiger partial charge in [-0.2, -0.15) is 0 Å². The highest BCUT2D eigenvalue weighted by Gasteiger charge is 2.28. The molecule has 1 unspecified atom stereocenters. The minimum Gasteiger partial charge on any atom is -0.492 e. The molecule has 1 aromatic carbocycles. The summed E-state index contributed by atoms with van der Waals surface area (Å²) in [6, 6.07) is 4.71. The molecule has 1 atom stereocenters. The SMILES string of the molecule is O=C(NCCCOc1ccc(Br)cc1Cl)NC1CCS(=O)(=O)C1. The first-order chi connectivity index (χ1) is 10.9. The fourth-order valence-electron chi connectivity index (χ4n) is 2.19. The van der Waals surface area contributed by atoms with Gasteiger partial charge in [0.05, 0.1) is 23.1 Å². The number of carbonyl (C=O) groups is 1. The van der Waals surface area contributed by atoms with Gasteiger partial charge in [0.2, 0.25) is 0 Å². The number of rotatable bonds is 6. The molecule has 23 heavy (non-hydrogen) atoms. The van der Waals surface area contributed by atoms with Crippen molar-refractivity contribution in [3.05, 3.63) is 27.7 Å². The molecule has 1 aliphatic heterocycles. The number of urea groups is 1. The topological polar surface area (TPSA) is 84.5 Å². The second kappa shape index (κ2) is 8.21. The van der Waals surface area contributed by atoms with Crippen LogP contribution in [0.1, 0.15) is 12.8 Å². The Morgan fingerprint density at radius 3 is 2.87 bits per heavy atom. The van der Waals surface area contributed by atoms with Gasteiger partial charge in [0.1, 0.15) is 5.75 Å². The van der Waals surface area contributed by atoms with Crippen LogP contribution in [0.15, 0.2) is 22.7 Å². The smallest absolute Gasteiger partial charge is 0.315 e. The molecular formula is C14H18BrClN2O4S. The molecule has 0 radical (unpaired) electrons. The third-order valence-corrected chi connectivity index (χ3v) is 5.88. The van der Waals surface area contributed by atoms with Crippen molar-refractivity contribution in [3.8, 4) is 5.75 Å². The number of ether oxygens (including phenoxy) is 1. The molecule has 1 fully saturated rings. The van der Waals surface area contributed by atoms with E-state index in [4.69, 9.17) is 16.3 Å². The molecule has 2 rings (SSSR count). The lowest BCUT2D eigenvalue weighted by molar-refractivity contribution is 0.236. The molecule has 1 heterocycles. The van der Waals surface area contributed by atoms with Crippen LogP contribution < -0.4 is 15.4 Å². The first-order valence-corrected chi connectivity index (χ1v) is 10.2. The molecule has 1 aromatic rings. The Morgan fingerprint density at radius 1 is 1.43 bits per heavy atom. The molecule has 9 heteroatoms. The third-order valence-electron chi connectivity index (χ3n) is 3.33. The summed E-state index contributed by atoms with van der Waals surface area (Å²) in [5.74, 6) is 0.751. The number of hydrogen-bond acceptors (Lipinski definition) is 4. The van der Waals surface area contributed by atoms with E-state index in [1.807, 2.05) is 6.07 Å². The lowest BCUT2D eigenvalue weighted by Crippen LogP contribution is -2.43. The molecule has 0 spiro atoms. The molecule has 1 saturated heterocycles. The summed E-state index contributed by atoms with van der Waals surface area (Å²) in [5.41, 5.74) is 0. The van der Waals surface area contributed by atoms with E-state index in [-0.39, 0.29) is 23.6 Å². The highest BCUT2D eigenvalue weighted by Crippen LogP contribution is 2.27. The van der Waals surface area contributed by atoms with Crippen LogP contribution in [0.3, 0.4) is 0 Å². The zero-order chi connectivity index (χ0) is 16.9. The van der Waals surface area contributed by atoms with Gasteiger partial charge in [-0.05, 0) is 31.0 Å². The van der Waals surface area contributed by atoms with Gasteiger partial charge in [0.15, 0.2) is 9.84 Å². The van der Waals surface area contributed by atoms with Crippen molar-refractivity contribution >= 4 is 43.4 Å². The van der Waals surface area contributed by atoms with Crippen molar-refractivity contribution < 1.29 is 17.9 Å². The second-order valence-corrected chi connectivity index (χ2v) is 8.83. The lowest BCUT2D eigenvalue weighted by Gasteiger charge is -2.12. The standard InChI is InChI=1S/C14H18BrClN2O4S/c15-10-2-3-13(12(16)8-10)22-6-1-5-17-14(19)18-11-4-7-23(20,21)9-11/h2-3,8,11H,1,4-7,9H2,(H2,17,18,19). The maximum Gasteiger partial charge on any atom is 0.315 e. The zero-order valence-electron chi connectivity index (χ0n) is 12.3. The maximum absolute atomic E-state index is 11.7. The molecule has 6 nitrogen and oxygen atoms in total. The van der Waals surface area contributed by atoms with Crippen molar-refractivity contribution in [2.45, 2.75) is 18.9 Å². The fourth-order valence-corrected chi connectivity index (χ4v) is 4.60. The molecular weight excluding hydrogens is 408 g/mol. The normalized spacial score (nSPS) is 19.3. The Kier molecular flexibility index (Phi) is 6.55. The van der Waals surface area contributed by atoms with E-state index in [2.05, 4.69) is 26.6 Å². The molecule has 0 aromatic heterocycles. The molecule has 0 saturated carbocycles. The van der Waals surface area contributed by atoms with Crippen molar-refractivity contribution in [3.63, 3.8) is 0 Å². The van der Waals surface area contributed by atoms with Gasteiger partial charge < -0.3 is 15.4 Å². The summed E-state index contributed by atoms with van der Waals surface area (Å²) in [6.07, 6.45) is 1.09. The van der Waals surface area contributed by atoms with Gasteiger partial charge in [-0.3, -0.25) is 0 Å². The zero-order valence-corrected chi connectivity index (χ0v) is 15.5. The Labute approximate surface area is 149 Å². The monoisotopic (exact) mass is 424 g/mol. The minimum atomic E-state index is -2.99. The van der Waals surface area contributed by atoms with Crippen molar-refractivity contribution in [2.24, 2.45) is 0 Å². The number of halogens is 2.